The van der Waals surface area contributed by atoms with E-state index >= 15 is 0 Å². The van der Waals surface area contributed by atoms with Gasteiger partial charge >= 0.3 is 5.97 Å². The zero-order valence-corrected chi connectivity index (χ0v) is 11.0. The maximum atomic E-state index is 10.9. The molecule has 0 aliphatic rings. The van der Waals surface area contributed by atoms with Crippen LogP contribution in [0.5, 0.6) is 0 Å². The van der Waals surface area contributed by atoms with E-state index in [0.717, 1.165) is 0 Å². The van der Waals surface area contributed by atoms with Gasteiger partial charge in [-0.3, -0.25) is 4.79 Å². The second-order valence-electron chi connectivity index (χ2n) is 4.95. The first-order chi connectivity index (χ1) is 9.13. The number of aliphatic carboxylic acids is 1. The van der Waals surface area contributed by atoms with Crippen LogP contribution in [0, 0.1) is 5.92 Å². The molecule has 0 spiro atoms. The molecule has 0 aromatic heterocycles. The molecule has 0 saturated carbocycles. The summed E-state index contributed by atoms with van der Waals surface area (Å²) in [7, 11) is 0. The molecule has 0 fully saturated rings. The van der Waals surface area contributed by atoms with E-state index in [1.54, 1.807) is 0 Å². The van der Waals surface area contributed by atoms with Gasteiger partial charge in [-0.1, -0.05) is 49.4 Å². The van der Waals surface area contributed by atoms with Gasteiger partial charge in [0.1, 0.15) is 0 Å². The highest BCUT2D eigenvalue weighted by Crippen LogP contribution is 2.31. The lowest BCUT2D eigenvalue weighted by atomic mass is 9.83. The number of fused-ring (bicyclic) bond motifs is 1. The number of rotatable bonds is 5. The highest BCUT2D eigenvalue weighted by molar-refractivity contribution is 5.86. The monoisotopic (exact) mass is 257 g/mol. The van der Waals surface area contributed by atoms with Crippen molar-refractivity contribution in [3.8, 4) is 0 Å². The van der Waals surface area contributed by atoms with Crippen LogP contribution >= 0.6 is 0 Å². The number of hydrogen-bond donors (Lipinski definition) is 2. The summed E-state index contributed by atoms with van der Waals surface area (Å²) in [5.41, 5.74) is 6.92. The summed E-state index contributed by atoms with van der Waals surface area (Å²) in [6.45, 7) is 2.44. The highest BCUT2D eigenvalue weighted by Gasteiger charge is 2.21. The SMILES string of the molecule is CC(c1cccc2ccccc12)[C@H](CN)CC(=O)O. The number of hydrogen-bond acceptors (Lipinski definition) is 2. The molecule has 2 aromatic carbocycles. The molecule has 0 aliphatic heterocycles. The number of benzene rings is 2. The Balaban J connectivity index is 2.40. The predicted octanol–water partition coefficient (Wildman–Crippen LogP) is 2.99. The smallest absolute Gasteiger partial charge is 0.303 e. The van der Waals surface area contributed by atoms with Crippen molar-refractivity contribution in [2.24, 2.45) is 11.7 Å². The van der Waals surface area contributed by atoms with E-state index in [9.17, 15) is 4.79 Å². The Labute approximate surface area is 113 Å². The minimum atomic E-state index is -0.789. The molecule has 3 heteroatoms. The van der Waals surface area contributed by atoms with E-state index in [4.69, 9.17) is 10.8 Å². The zero-order chi connectivity index (χ0) is 13.8. The van der Waals surface area contributed by atoms with Gasteiger partial charge in [0.15, 0.2) is 0 Å². The van der Waals surface area contributed by atoms with Crippen LogP contribution in [-0.2, 0) is 4.79 Å². The summed E-state index contributed by atoms with van der Waals surface area (Å²) < 4.78 is 0. The van der Waals surface area contributed by atoms with Crippen LogP contribution in [0.1, 0.15) is 24.8 Å². The predicted molar refractivity (Wildman–Crippen MR) is 77.2 cm³/mol. The Bertz CT molecular complexity index is 574. The van der Waals surface area contributed by atoms with E-state index in [1.165, 1.54) is 16.3 Å². The molecule has 0 heterocycles. The van der Waals surface area contributed by atoms with E-state index in [-0.39, 0.29) is 18.3 Å². The summed E-state index contributed by atoms with van der Waals surface area (Å²) >= 11 is 0. The summed E-state index contributed by atoms with van der Waals surface area (Å²) in [6, 6.07) is 14.3. The topological polar surface area (TPSA) is 63.3 Å². The molecular weight excluding hydrogens is 238 g/mol. The van der Waals surface area contributed by atoms with Crippen molar-refractivity contribution in [1.29, 1.82) is 0 Å². The molecule has 2 rings (SSSR count). The quantitative estimate of drug-likeness (QED) is 0.865. The van der Waals surface area contributed by atoms with Crippen LogP contribution in [-0.4, -0.2) is 17.6 Å². The van der Waals surface area contributed by atoms with Gasteiger partial charge in [0, 0.05) is 6.42 Å². The minimum absolute atomic E-state index is 0.0386. The third-order valence-corrected chi connectivity index (χ3v) is 3.76. The van der Waals surface area contributed by atoms with E-state index in [0.29, 0.717) is 6.54 Å². The maximum Gasteiger partial charge on any atom is 0.303 e. The van der Waals surface area contributed by atoms with Crippen molar-refractivity contribution in [2.45, 2.75) is 19.3 Å². The summed E-state index contributed by atoms with van der Waals surface area (Å²) in [5.74, 6) is -0.696. The molecule has 3 N–H and O–H groups in total. The fourth-order valence-electron chi connectivity index (χ4n) is 2.59. The fourth-order valence-corrected chi connectivity index (χ4v) is 2.59. The first-order valence-electron chi connectivity index (χ1n) is 6.53. The zero-order valence-electron chi connectivity index (χ0n) is 11.0. The van der Waals surface area contributed by atoms with E-state index in [1.807, 2.05) is 18.2 Å². The molecule has 0 amide bonds. The second kappa shape index (κ2) is 5.85. The largest absolute Gasteiger partial charge is 0.481 e. The molecule has 3 nitrogen and oxygen atoms in total. The number of carboxylic acids is 1. The molecule has 19 heavy (non-hydrogen) atoms. The fraction of sp³-hybridized carbons (Fsp3) is 0.312. The normalized spacial score (nSPS) is 14.2. The minimum Gasteiger partial charge on any atom is -0.481 e. The van der Waals surface area contributed by atoms with Gasteiger partial charge in [-0.05, 0) is 34.7 Å². The molecule has 0 saturated heterocycles. The third-order valence-electron chi connectivity index (χ3n) is 3.76. The Kier molecular flexibility index (Phi) is 4.17. The van der Waals surface area contributed by atoms with Crippen molar-refractivity contribution in [3.05, 3.63) is 48.0 Å². The second-order valence-corrected chi connectivity index (χ2v) is 4.95. The van der Waals surface area contributed by atoms with Crippen molar-refractivity contribution >= 4 is 16.7 Å². The first kappa shape index (κ1) is 13.6. The van der Waals surface area contributed by atoms with Crippen LogP contribution in [0.25, 0.3) is 10.8 Å². The Hall–Kier alpha value is -1.87. The van der Waals surface area contributed by atoms with Crippen molar-refractivity contribution < 1.29 is 9.90 Å². The number of carbonyl (C=O) groups is 1. The summed E-state index contributed by atoms with van der Waals surface area (Å²) in [6.07, 6.45) is 0.112. The molecule has 100 valence electrons. The first-order valence-corrected chi connectivity index (χ1v) is 6.53. The lowest BCUT2D eigenvalue weighted by Gasteiger charge is -2.22. The van der Waals surface area contributed by atoms with Crippen molar-refractivity contribution in [3.63, 3.8) is 0 Å². The van der Waals surface area contributed by atoms with E-state index < -0.39 is 5.97 Å². The number of nitrogens with two attached hydrogens (primary N) is 1. The van der Waals surface area contributed by atoms with Gasteiger partial charge < -0.3 is 10.8 Å². The lowest BCUT2D eigenvalue weighted by Crippen LogP contribution is -2.23. The Morgan fingerprint density at radius 3 is 2.58 bits per heavy atom. The van der Waals surface area contributed by atoms with Gasteiger partial charge in [0.2, 0.25) is 0 Å². The highest BCUT2D eigenvalue weighted by atomic mass is 16.4. The number of carboxylic acid groups (broad SMARTS) is 1. The van der Waals surface area contributed by atoms with Gasteiger partial charge in [-0.2, -0.15) is 0 Å². The van der Waals surface area contributed by atoms with Crippen LogP contribution < -0.4 is 5.73 Å². The van der Waals surface area contributed by atoms with Crippen LogP contribution in [0.3, 0.4) is 0 Å². The molecule has 1 unspecified atom stereocenters. The summed E-state index contributed by atoms with van der Waals surface area (Å²) in [5, 5.41) is 11.3. The van der Waals surface area contributed by atoms with Gasteiger partial charge in [-0.15, -0.1) is 0 Å². The average molecular weight is 257 g/mol. The molecule has 2 atom stereocenters. The Morgan fingerprint density at radius 2 is 1.89 bits per heavy atom. The molecule has 0 radical (unpaired) electrons. The lowest BCUT2D eigenvalue weighted by molar-refractivity contribution is -0.138. The van der Waals surface area contributed by atoms with Crippen LogP contribution in [0.4, 0.5) is 0 Å². The van der Waals surface area contributed by atoms with Crippen molar-refractivity contribution in [2.75, 3.05) is 6.54 Å². The molecule has 0 bridgehead atoms. The average Bonchev–Trinajstić information content (AvgIpc) is 2.43. The van der Waals surface area contributed by atoms with Crippen LogP contribution in [0.15, 0.2) is 42.5 Å². The standard InChI is InChI=1S/C16H19NO2/c1-11(13(10-17)9-16(18)19)14-8-4-6-12-5-2-3-7-15(12)14/h2-8,11,13H,9-10,17H2,1H3,(H,18,19)/t11?,13-/m0/s1. The molecule has 2 aromatic rings. The van der Waals surface area contributed by atoms with Gasteiger partial charge in [-0.25, -0.2) is 0 Å². The maximum absolute atomic E-state index is 10.9. The molecule has 0 aliphatic carbocycles. The molecular formula is C16H19NO2. The summed E-state index contributed by atoms with van der Waals surface area (Å²) in [4.78, 5) is 10.9. The van der Waals surface area contributed by atoms with Crippen LogP contribution in [0.2, 0.25) is 0 Å². The van der Waals surface area contributed by atoms with Gasteiger partial charge in [0.05, 0.1) is 0 Å². The third kappa shape index (κ3) is 2.93. The Morgan fingerprint density at radius 1 is 1.21 bits per heavy atom. The van der Waals surface area contributed by atoms with Gasteiger partial charge in [0.25, 0.3) is 0 Å². The van der Waals surface area contributed by atoms with Crippen molar-refractivity contribution in [1.82, 2.24) is 0 Å². The van der Waals surface area contributed by atoms with E-state index in [2.05, 4.69) is 31.2 Å².